The van der Waals surface area contributed by atoms with E-state index in [0.29, 0.717) is 17.0 Å². The fourth-order valence-electron chi connectivity index (χ4n) is 3.99. The molecule has 3 aromatic rings. The number of carbonyl (C=O) groups is 1. The van der Waals surface area contributed by atoms with Crippen LogP contribution in [0.15, 0.2) is 35.4 Å². The summed E-state index contributed by atoms with van der Waals surface area (Å²) < 4.78 is 1.83. The van der Waals surface area contributed by atoms with Crippen LogP contribution >= 0.6 is 0 Å². The summed E-state index contributed by atoms with van der Waals surface area (Å²) in [5.41, 5.74) is 3.74. The van der Waals surface area contributed by atoms with Crippen molar-refractivity contribution in [1.82, 2.24) is 24.8 Å². The number of benzene rings is 1. The van der Waals surface area contributed by atoms with Crippen LogP contribution in [0.3, 0.4) is 0 Å². The first-order valence-corrected chi connectivity index (χ1v) is 10.6. The third-order valence-corrected chi connectivity index (χ3v) is 5.64. The molecule has 0 radical (unpaired) electrons. The van der Waals surface area contributed by atoms with E-state index in [9.17, 15) is 9.59 Å². The maximum Gasteiger partial charge on any atom is 0.256 e. The van der Waals surface area contributed by atoms with Crippen LogP contribution in [0.5, 0.6) is 0 Å². The second kappa shape index (κ2) is 8.85. The van der Waals surface area contributed by atoms with E-state index in [2.05, 4.69) is 37.6 Å². The van der Waals surface area contributed by atoms with E-state index in [-0.39, 0.29) is 11.0 Å². The Morgan fingerprint density at radius 3 is 2.81 bits per heavy atom. The smallest absolute Gasteiger partial charge is 0.256 e. The zero-order valence-corrected chi connectivity index (χ0v) is 18.2. The van der Waals surface area contributed by atoms with Crippen molar-refractivity contribution >= 4 is 22.9 Å². The number of hydrogen-bond acceptors (Lipinski definition) is 6. The Labute approximate surface area is 181 Å². The monoisotopic (exact) mass is 420 g/mol. The number of rotatable bonds is 7. The standard InChI is InChI=1S/C23H28N6O2/c1-24-22(31)19-14-29(17-9-8-15-6-4-7-16(15)12-17)21-18(20(19)30)13-26-23(27-21)25-10-5-11-28(2)3/h8-9,12-14H,4-7,10-11H2,1-3H3,(H,24,31)(H,25,26,27). The van der Waals surface area contributed by atoms with Crippen molar-refractivity contribution in [2.75, 3.05) is 39.5 Å². The molecule has 31 heavy (non-hydrogen) atoms. The van der Waals surface area contributed by atoms with Crippen molar-refractivity contribution in [1.29, 1.82) is 0 Å². The number of anilines is 1. The predicted molar refractivity (Wildman–Crippen MR) is 122 cm³/mol. The second-order valence-corrected chi connectivity index (χ2v) is 8.14. The third-order valence-electron chi connectivity index (χ3n) is 5.64. The molecule has 0 saturated heterocycles. The normalized spacial score (nSPS) is 12.9. The maximum absolute atomic E-state index is 13.0. The van der Waals surface area contributed by atoms with E-state index < -0.39 is 5.91 Å². The fraction of sp³-hybridized carbons (Fsp3) is 0.391. The van der Waals surface area contributed by atoms with E-state index in [4.69, 9.17) is 0 Å². The van der Waals surface area contributed by atoms with Crippen LogP contribution in [0.1, 0.15) is 34.3 Å². The zero-order valence-electron chi connectivity index (χ0n) is 18.2. The van der Waals surface area contributed by atoms with Gasteiger partial charge in [-0.25, -0.2) is 4.98 Å². The van der Waals surface area contributed by atoms with Gasteiger partial charge in [0.2, 0.25) is 11.4 Å². The molecular weight excluding hydrogens is 392 g/mol. The Bertz CT molecular complexity index is 1180. The lowest BCUT2D eigenvalue weighted by Gasteiger charge is -2.15. The average Bonchev–Trinajstić information content (AvgIpc) is 3.24. The molecule has 2 heterocycles. The van der Waals surface area contributed by atoms with Gasteiger partial charge >= 0.3 is 0 Å². The van der Waals surface area contributed by atoms with Gasteiger partial charge < -0.3 is 20.1 Å². The lowest BCUT2D eigenvalue weighted by Crippen LogP contribution is -2.27. The van der Waals surface area contributed by atoms with Gasteiger partial charge in [-0.1, -0.05) is 6.07 Å². The highest BCUT2D eigenvalue weighted by Gasteiger charge is 2.18. The number of hydrogen-bond donors (Lipinski definition) is 2. The quantitative estimate of drug-likeness (QED) is 0.568. The summed E-state index contributed by atoms with van der Waals surface area (Å²) in [6.45, 7) is 1.68. The van der Waals surface area contributed by atoms with Gasteiger partial charge in [0.15, 0.2) is 5.65 Å². The van der Waals surface area contributed by atoms with Crippen molar-refractivity contribution in [3.63, 3.8) is 0 Å². The number of nitrogens with zero attached hydrogens (tertiary/aromatic N) is 4. The molecule has 0 bridgehead atoms. The largest absolute Gasteiger partial charge is 0.355 e. The molecule has 2 N–H and O–H groups in total. The minimum absolute atomic E-state index is 0.0748. The molecule has 162 valence electrons. The first kappa shape index (κ1) is 21.0. The van der Waals surface area contributed by atoms with Crippen LogP contribution < -0.4 is 16.1 Å². The van der Waals surface area contributed by atoms with Crippen LogP contribution in [0.2, 0.25) is 0 Å². The van der Waals surface area contributed by atoms with Gasteiger partial charge in [-0.3, -0.25) is 9.59 Å². The van der Waals surface area contributed by atoms with Gasteiger partial charge in [-0.05, 0) is 69.6 Å². The molecular formula is C23H28N6O2. The molecule has 2 aromatic heterocycles. The molecule has 0 fully saturated rings. The highest BCUT2D eigenvalue weighted by molar-refractivity contribution is 5.97. The summed E-state index contributed by atoms with van der Waals surface area (Å²) in [5, 5.41) is 6.11. The summed E-state index contributed by atoms with van der Waals surface area (Å²) in [4.78, 5) is 36.4. The number of fused-ring (bicyclic) bond motifs is 2. The molecule has 1 aliphatic carbocycles. The first-order chi connectivity index (χ1) is 15.0. The Morgan fingerprint density at radius 2 is 2.03 bits per heavy atom. The highest BCUT2D eigenvalue weighted by Crippen LogP contribution is 2.26. The summed E-state index contributed by atoms with van der Waals surface area (Å²) in [7, 11) is 5.58. The molecule has 0 saturated carbocycles. The van der Waals surface area contributed by atoms with Crippen LogP contribution in [0.25, 0.3) is 16.7 Å². The molecule has 0 spiro atoms. The van der Waals surface area contributed by atoms with Gasteiger partial charge in [0.25, 0.3) is 5.91 Å². The fourth-order valence-corrected chi connectivity index (χ4v) is 3.99. The van der Waals surface area contributed by atoms with E-state index >= 15 is 0 Å². The van der Waals surface area contributed by atoms with E-state index in [0.717, 1.165) is 44.5 Å². The molecule has 0 aliphatic heterocycles. The number of aryl methyl sites for hydroxylation is 2. The lowest BCUT2D eigenvalue weighted by molar-refractivity contribution is 0.0961. The van der Waals surface area contributed by atoms with Gasteiger partial charge in [0.05, 0.1) is 5.39 Å². The van der Waals surface area contributed by atoms with Crippen molar-refractivity contribution in [2.24, 2.45) is 0 Å². The van der Waals surface area contributed by atoms with Crippen molar-refractivity contribution < 1.29 is 4.79 Å². The van der Waals surface area contributed by atoms with E-state index in [1.165, 1.54) is 24.4 Å². The number of aromatic nitrogens is 3. The summed E-state index contributed by atoms with van der Waals surface area (Å²) in [5.74, 6) is 0.0426. The van der Waals surface area contributed by atoms with Gasteiger partial charge in [-0.2, -0.15) is 4.98 Å². The molecule has 1 aromatic carbocycles. The number of pyridine rings is 1. The van der Waals surface area contributed by atoms with Crippen molar-refractivity contribution in [3.8, 4) is 5.69 Å². The molecule has 0 atom stereocenters. The average molecular weight is 421 g/mol. The van der Waals surface area contributed by atoms with Crippen LogP contribution in [-0.2, 0) is 12.8 Å². The summed E-state index contributed by atoms with van der Waals surface area (Å²) in [6, 6.07) is 6.28. The maximum atomic E-state index is 13.0. The second-order valence-electron chi connectivity index (χ2n) is 8.14. The van der Waals surface area contributed by atoms with Crippen LogP contribution in [0.4, 0.5) is 5.95 Å². The third kappa shape index (κ3) is 4.29. The Morgan fingerprint density at radius 1 is 1.23 bits per heavy atom. The van der Waals surface area contributed by atoms with E-state index in [1.54, 1.807) is 6.20 Å². The highest BCUT2D eigenvalue weighted by atomic mass is 16.2. The Kier molecular flexibility index (Phi) is 5.99. The number of amides is 1. The molecule has 4 rings (SSSR count). The van der Waals surface area contributed by atoms with Gasteiger partial charge in [0, 0.05) is 31.7 Å². The topological polar surface area (TPSA) is 92.2 Å². The van der Waals surface area contributed by atoms with Crippen molar-refractivity contribution in [2.45, 2.75) is 25.7 Å². The summed E-state index contributed by atoms with van der Waals surface area (Å²) in [6.07, 6.45) is 7.32. The molecule has 1 amide bonds. The SMILES string of the molecule is CNC(=O)c1cn(-c2ccc3c(c2)CCC3)c2nc(NCCCN(C)C)ncc2c1=O. The summed E-state index contributed by atoms with van der Waals surface area (Å²) >= 11 is 0. The number of nitrogens with one attached hydrogen (secondary N) is 2. The minimum Gasteiger partial charge on any atom is -0.355 e. The molecule has 8 heteroatoms. The molecule has 0 unspecified atom stereocenters. The van der Waals surface area contributed by atoms with Gasteiger partial charge in [0.1, 0.15) is 5.56 Å². The minimum atomic E-state index is -0.423. The predicted octanol–water partition coefficient (Wildman–Crippen LogP) is 1.99. The van der Waals surface area contributed by atoms with Crippen LogP contribution in [0, 0.1) is 0 Å². The van der Waals surface area contributed by atoms with E-state index in [1.807, 2.05) is 24.7 Å². The zero-order chi connectivity index (χ0) is 22.0. The van der Waals surface area contributed by atoms with Crippen LogP contribution in [-0.4, -0.2) is 59.6 Å². The first-order valence-electron chi connectivity index (χ1n) is 10.6. The Hall–Kier alpha value is -3.26. The Balaban J connectivity index is 1.80. The molecule has 1 aliphatic rings. The van der Waals surface area contributed by atoms with Crippen molar-refractivity contribution in [3.05, 3.63) is 57.5 Å². The number of carbonyl (C=O) groups excluding carboxylic acids is 1. The van der Waals surface area contributed by atoms with Gasteiger partial charge in [-0.15, -0.1) is 0 Å². The lowest BCUT2D eigenvalue weighted by atomic mass is 10.1. The molecule has 8 nitrogen and oxygen atoms in total.